The Hall–Kier alpha value is -2.60. The Labute approximate surface area is 186 Å². The Bertz CT molecular complexity index is 836. The van der Waals surface area contributed by atoms with Gasteiger partial charge in [-0.15, -0.1) is 0 Å². The summed E-state index contributed by atoms with van der Waals surface area (Å²) in [4.78, 5) is 14.4. The Balaban J connectivity index is 1.32. The Morgan fingerprint density at radius 2 is 1.77 bits per heavy atom. The van der Waals surface area contributed by atoms with Gasteiger partial charge < -0.3 is 20.4 Å². The molecule has 6 heteroatoms. The predicted molar refractivity (Wildman–Crippen MR) is 129 cm³/mol. The fourth-order valence-electron chi connectivity index (χ4n) is 4.27. The highest BCUT2D eigenvalue weighted by Crippen LogP contribution is 2.47. The van der Waals surface area contributed by atoms with Crippen molar-refractivity contribution in [2.45, 2.75) is 38.6 Å². The second-order valence-electron chi connectivity index (χ2n) is 8.64. The van der Waals surface area contributed by atoms with Crippen LogP contribution in [-0.2, 0) is 12.0 Å². The van der Waals surface area contributed by atoms with E-state index in [0.717, 1.165) is 63.2 Å². The third kappa shape index (κ3) is 5.56. The van der Waals surface area contributed by atoms with Crippen LogP contribution in [0.1, 0.15) is 37.8 Å². The summed E-state index contributed by atoms with van der Waals surface area (Å²) in [5, 5.41) is 6.95. The lowest BCUT2D eigenvalue weighted by Crippen LogP contribution is -2.46. The molecule has 2 aliphatic rings. The third-order valence-corrected chi connectivity index (χ3v) is 6.55. The van der Waals surface area contributed by atoms with Crippen molar-refractivity contribution in [3.05, 3.63) is 59.8 Å². The third-order valence-electron chi connectivity index (χ3n) is 6.55. The van der Waals surface area contributed by atoms with Gasteiger partial charge >= 0.3 is 0 Å². The first-order valence-corrected chi connectivity index (χ1v) is 11.7. The van der Waals surface area contributed by atoms with Gasteiger partial charge in [0.1, 0.15) is 5.82 Å². The number of likely N-dealkylation sites (N-methyl/N-ethyl adjacent to an activating group) is 1. The molecule has 1 aromatic heterocycles. The maximum Gasteiger partial charge on any atom is 0.191 e. The molecule has 0 radical (unpaired) electrons. The van der Waals surface area contributed by atoms with Crippen molar-refractivity contribution in [1.29, 1.82) is 0 Å². The molecule has 0 bridgehead atoms. The molecule has 0 unspecified atom stereocenters. The highest BCUT2D eigenvalue weighted by atomic mass is 15.3. The van der Waals surface area contributed by atoms with Gasteiger partial charge in [0.2, 0.25) is 0 Å². The summed E-state index contributed by atoms with van der Waals surface area (Å²) < 4.78 is 0. The van der Waals surface area contributed by atoms with E-state index in [1.807, 2.05) is 6.20 Å². The van der Waals surface area contributed by atoms with Crippen molar-refractivity contribution in [2.75, 3.05) is 50.7 Å². The standard InChI is InChI=1S/C25H36N6/c1-3-26-24(29-20-25(12-13-25)22-8-6-5-7-9-22)28-19-21-10-11-23(27-18-21)31-16-14-30(4-2)15-17-31/h5-11,18H,3-4,12-17,19-20H2,1-2H3,(H2,26,28,29). The highest BCUT2D eigenvalue weighted by Gasteiger charge is 2.44. The van der Waals surface area contributed by atoms with Gasteiger partial charge in [0, 0.05) is 50.9 Å². The van der Waals surface area contributed by atoms with Gasteiger partial charge in [-0.2, -0.15) is 0 Å². The number of anilines is 1. The van der Waals surface area contributed by atoms with Gasteiger partial charge in [-0.3, -0.25) is 0 Å². The molecule has 2 fully saturated rings. The molecule has 166 valence electrons. The average molecular weight is 421 g/mol. The van der Waals surface area contributed by atoms with Crippen molar-refractivity contribution in [2.24, 2.45) is 4.99 Å². The fourth-order valence-corrected chi connectivity index (χ4v) is 4.27. The second kappa shape index (κ2) is 10.1. The van der Waals surface area contributed by atoms with Crippen LogP contribution in [0.25, 0.3) is 0 Å². The number of aliphatic imine (C=N–C) groups is 1. The van der Waals surface area contributed by atoms with Crippen molar-refractivity contribution in [3.8, 4) is 0 Å². The molecule has 1 aromatic carbocycles. The summed E-state index contributed by atoms with van der Waals surface area (Å²) in [5.41, 5.74) is 2.83. The molecular weight excluding hydrogens is 384 g/mol. The molecule has 1 aliphatic carbocycles. The van der Waals surface area contributed by atoms with E-state index in [1.54, 1.807) is 0 Å². The Kier molecular flexibility index (Phi) is 7.07. The maximum atomic E-state index is 4.81. The Morgan fingerprint density at radius 3 is 2.39 bits per heavy atom. The minimum atomic E-state index is 0.266. The van der Waals surface area contributed by atoms with Gasteiger partial charge in [-0.05, 0) is 43.5 Å². The van der Waals surface area contributed by atoms with Gasteiger partial charge in [0.05, 0.1) is 6.54 Å². The SMILES string of the molecule is CCNC(=NCc1ccc(N2CCN(CC)CC2)nc1)NCC1(c2ccccc2)CC1. The van der Waals surface area contributed by atoms with E-state index in [2.05, 4.69) is 76.7 Å². The van der Waals surface area contributed by atoms with Crippen LogP contribution in [0.2, 0.25) is 0 Å². The zero-order valence-corrected chi connectivity index (χ0v) is 19.0. The van der Waals surface area contributed by atoms with E-state index in [4.69, 9.17) is 9.98 Å². The van der Waals surface area contributed by atoms with Crippen LogP contribution < -0.4 is 15.5 Å². The zero-order chi connectivity index (χ0) is 21.5. The largest absolute Gasteiger partial charge is 0.357 e. The topological polar surface area (TPSA) is 55.8 Å². The minimum Gasteiger partial charge on any atom is -0.357 e. The quantitative estimate of drug-likeness (QED) is 0.508. The average Bonchev–Trinajstić information content (AvgIpc) is 3.63. The number of nitrogens with one attached hydrogen (secondary N) is 2. The maximum absolute atomic E-state index is 4.81. The van der Waals surface area contributed by atoms with Crippen LogP contribution in [0, 0.1) is 0 Å². The fraction of sp³-hybridized carbons (Fsp3) is 0.520. The summed E-state index contributed by atoms with van der Waals surface area (Å²) in [5.74, 6) is 1.96. The monoisotopic (exact) mass is 420 g/mol. The second-order valence-corrected chi connectivity index (χ2v) is 8.64. The van der Waals surface area contributed by atoms with Crippen molar-refractivity contribution in [1.82, 2.24) is 20.5 Å². The van der Waals surface area contributed by atoms with E-state index in [-0.39, 0.29) is 5.41 Å². The number of nitrogens with zero attached hydrogens (tertiary/aromatic N) is 4. The lowest BCUT2D eigenvalue weighted by Gasteiger charge is -2.34. The summed E-state index contributed by atoms with van der Waals surface area (Å²) in [6.45, 7) is 12.2. The molecule has 1 aliphatic heterocycles. The van der Waals surface area contributed by atoms with Crippen LogP contribution in [0.4, 0.5) is 5.82 Å². The molecule has 1 saturated heterocycles. The molecule has 0 amide bonds. The summed E-state index contributed by atoms with van der Waals surface area (Å²) in [6, 6.07) is 15.1. The van der Waals surface area contributed by atoms with E-state index in [1.165, 1.54) is 18.4 Å². The van der Waals surface area contributed by atoms with Crippen LogP contribution in [0.5, 0.6) is 0 Å². The number of piperazine rings is 1. The van der Waals surface area contributed by atoms with Gasteiger partial charge in [-0.1, -0.05) is 43.3 Å². The Morgan fingerprint density at radius 1 is 1.00 bits per heavy atom. The minimum absolute atomic E-state index is 0.266. The van der Waals surface area contributed by atoms with Crippen molar-refractivity contribution in [3.63, 3.8) is 0 Å². The molecule has 31 heavy (non-hydrogen) atoms. The lowest BCUT2D eigenvalue weighted by molar-refractivity contribution is 0.270. The zero-order valence-electron chi connectivity index (χ0n) is 19.0. The first-order chi connectivity index (χ1) is 15.2. The van der Waals surface area contributed by atoms with Crippen LogP contribution in [0.3, 0.4) is 0 Å². The molecule has 0 spiro atoms. The summed E-state index contributed by atoms with van der Waals surface area (Å²) in [7, 11) is 0. The first kappa shape index (κ1) is 21.6. The van der Waals surface area contributed by atoms with E-state index in [9.17, 15) is 0 Å². The van der Waals surface area contributed by atoms with E-state index < -0.39 is 0 Å². The van der Waals surface area contributed by atoms with Crippen LogP contribution >= 0.6 is 0 Å². The smallest absolute Gasteiger partial charge is 0.191 e. The predicted octanol–water partition coefficient (Wildman–Crippen LogP) is 3.01. The van der Waals surface area contributed by atoms with Gasteiger partial charge in [-0.25, -0.2) is 9.98 Å². The lowest BCUT2D eigenvalue weighted by atomic mass is 9.96. The van der Waals surface area contributed by atoms with Gasteiger partial charge in [0.25, 0.3) is 0 Å². The number of pyridine rings is 1. The molecular formula is C25H36N6. The van der Waals surface area contributed by atoms with E-state index >= 15 is 0 Å². The summed E-state index contributed by atoms with van der Waals surface area (Å²) in [6.07, 6.45) is 4.45. The number of hydrogen-bond acceptors (Lipinski definition) is 4. The molecule has 2 aromatic rings. The van der Waals surface area contributed by atoms with Crippen molar-refractivity contribution < 1.29 is 0 Å². The number of aromatic nitrogens is 1. The molecule has 6 nitrogen and oxygen atoms in total. The molecule has 0 atom stereocenters. The van der Waals surface area contributed by atoms with E-state index in [0.29, 0.717) is 6.54 Å². The van der Waals surface area contributed by atoms with Crippen LogP contribution in [-0.4, -0.2) is 61.7 Å². The highest BCUT2D eigenvalue weighted by molar-refractivity contribution is 5.80. The summed E-state index contributed by atoms with van der Waals surface area (Å²) >= 11 is 0. The molecule has 4 rings (SSSR count). The number of guanidine groups is 1. The van der Waals surface area contributed by atoms with Crippen LogP contribution in [0.15, 0.2) is 53.7 Å². The first-order valence-electron chi connectivity index (χ1n) is 11.7. The van der Waals surface area contributed by atoms with Gasteiger partial charge in [0.15, 0.2) is 5.96 Å². The van der Waals surface area contributed by atoms with Crippen molar-refractivity contribution >= 4 is 11.8 Å². The molecule has 2 N–H and O–H groups in total. The number of hydrogen-bond donors (Lipinski definition) is 2. The number of rotatable bonds is 8. The normalized spacial score (nSPS) is 18.6. The molecule has 1 saturated carbocycles. The molecule has 2 heterocycles. The number of benzene rings is 1.